The van der Waals surface area contributed by atoms with Gasteiger partial charge in [-0.3, -0.25) is 9.30 Å². The number of hydrogen-bond donors (Lipinski definition) is 1. The number of urea groups is 1. The van der Waals surface area contributed by atoms with Gasteiger partial charge in [0.05, 0.1) is 22.8 Å². The lowest BCUT2D eigenvalue weighted by Gasteiger charge is -2.15. The highest BCUT2D eigenvalue weighted by Crippen LogP contribution is 2.37. The Morgan fingerprint density at radius 1 is 1.08 bits per heavy atom. The van der Waals surface area contributed by atoms with Gasteiger partial charge in [0.2, 0.25) is 0 Å². The molecule has 2 aromatic carbocycles. The van der Waals surface area contributed by atoms with Gasteiger partial charge in [0.1, 0.15) is 16.5 Å². The van der Waals surface area contributed by atoms with Crippen LogP contribution in [0, 0.1) is 12.7 Å². The quantitative estimate of drug-likeness (QED) is 0.266. The van der Waals surface area contributed by atoms with E-state index < -0.39 is 0 Å². The molecular weight excluding hydrogens is 509 g/mol. The van der Waals surface area contributed by atoms with Gasteiger partial charge >= 0.3 is 6.03 Å². The molecule has 0 unspecified atom stereocenters. The van der Waals surface area contributed by atoms with E-state index in [1.54, 1.807) is 17.9 Å². The van der Waals surface area contributed by atoms with Crippen LogP contribution in [-0.2, 0) is 6.42 Å². The average molecular weight is 532 g/mol. The van der Waals surface area contributed by atoms with Crippen LogP contribution in [0.3, 0.4) is 0 Å². The van der Waals surface area contributed by atoms with Crippen molar-refractivity contribution in [1.82, 2.24) is 19.7 Å². The Labute approximate surface area is 222 Å². The van der Waals surface area contributed by atoms with E-state index in [0.29, 0.717) is 47.0 Å². The van der Waals surface area contributed by atoms with Gasteiger partial charge in [-0.25, -0.2) is 19.2 Å². The summed E-state index contributed by atoms with van der Waals surface area (Å²) in [5, 5.41) is 6.22. The number of aryl methyl sites for hydroxylation is 1. The van der Waals surface area contributed by atoms with Crippen LogP contribution in [0.15, 0.2) is 60.1 Å². The lowest BCUT2D eigenvalue weighted by Crippen LogP contribution is -2.27. The zero-order valence-electron chi connectivity index (χ0n) is 20.3. The minimum atomic E-state index is -0.304. The van der Waals surface area contributed by atoms with Crippen molar-refractivity contribution < 1.29 is 9.18 Å². The Bertz CT molecular complexity index is 1660. The molecule has 1 fully saturated rings. The lowest BCUT2D eigenvalue weighted by atomic mass is 10.0. The van der Waals surface area contributed by atoms with Gasteiger partial charge in [0.25, 0.3) is 0 Å². The largest absolute Gasteiger partial charge is 0.336 e. The minimum absolute atomic E-state index is 0.135. The minimum Gasteiger partial charge on any atom is -0.336 e. The summed E-state index contributed by atoms with van der Waals surface area (Å²) in [7, 11) is 0. The topological polar surface area (TPSA) is 62.5 Å². The van der Waals surface area contributed by atoms with Crippen LogP contribution in [0.4, 0.5) is 14.9 Å². The third kappa shape index (κ3) is 4.06. The van der Waals surface area contributed by atoms with Crippen LogP contribution in [0.2, 0.25) is 5.02 Å². The fourth-order valence-corrected chi connectivity index (χ4v) is 5.78. The first kappa shape index (κ1) is 23.6. The maximum atomic E-state index is 16.0. The Balaban J connectivity index is 1.43. The number of amides is 2. The molecule has 1 saturated heterocycles. The van der Waals surface area contributed by atoms with E-state index in [-0.39, 0.29) is 11.8 Å². The normalized spacial score (nSPS) is 13.5. The molecule has 0 atom stereocenters. The van der Waals surface area contributed by atoms with Crippen LogP contribution in [0.25, 0.3) is 38.7 Å². The Kier molecular flexibility index (Phi) is 5.93. The molecule has 6 rings (SSSR count). The van der Waals surface area contributed by atoms with Crippen LogP contribution in [0.5, 0.6) is 0 Å². The number of anilines is 1. The molecule has 6 nitrogen and oxygen atoms in total. The molecule has 37 heavy (non-hydrogen) atoms. The van der Waals surface area contributed by atoms with Gasteiger partial charge in [0.15, 0.2) is 0 Å². The molecule has 3 aromatic heterocycles. The molecule has 1 aliphatic heterocycles. The van der Waals surface area contributed by atoms with Crippen molar-refractivity contribution in [3.8, 4) is 33.1 Å². The highest BCUT2D eigenvalue weighted by molar-refractivity contribution is 7.13. The van der Waals surface area contributed by atoms with Crippen LogP contribution >= 0.6 is 22.9 Å². The molecule has 0 radical (unpaired) electrons. The SMILES string of the molecule is CCc1nc2ccc(N3CCNC3=O)cn2c1-c1ccc(-c2nc(-c3ccc(Cl)cc3)cs2)c(C)c1F. The van der Waals surface area contributed by atoms with Crippen molar-refractivity contribution in [2.45, 2.75) is 20.3 Å². The van der Waals surface area contributed by atoms with Crippen LogP contribution in [0.1, 0.15) is 18.2 Å². The Hall–Kier alpha value is -3.75. The van der Waals surface area contributed by atoms with E-state index in [0.717, 1.165) is 33.2 Å². The number of hydrogen-bond acceptors (Lipinski definition) is 4. The molecule has 0 aliphatic carbocycles. The average Bonchev–Trinajstić information content (AvgIpc) is 3.64. The maximum absolute atomic E-state index is 16.0. The number of halogens is 2. The second kappa shape index (κ2) is 9.28. The zero-order valence-corrected chi connectivity index (χ0v) is 21.8. The summed E-state index contributed by atoms with van der Waals surface area (Å²) in [6.45, 7) is 4.97. The predicted octanol–water partition coefficient (Wildman–Crippen LogP) is 6.98. The van der Waals surface area contributed by atoms with Gasteiger partial charge in [0, 0.05) is 46.4 Å². The van der Waals surface area contributed by atoms with Crippen LogP contribution < -0.4 is 10.2 Å². The molecule has 1 N–H and O–H groups in total. The smallest absolute Gasteiger partial charge is 0.322 e. The van der Waals surface area contributed by atoms with Crippen LogP contribution in [-0.4, -0.2) is 33.5 Å². The molecule has 5 aromatic rings. The molecule has 186 valence electrons. The number of thiazole rings is 1. The van der Waals surface area contributed by atoms with E-state index >= 15 is 4.39 Å². The van der Waals surface area contributed by atoms with E-state index in [1.165, 1.54) is 11.3 Å². The summed E-state index contributed by atoms with van der Waals surface area (Å²) in [4.78, 5) is 23.4. The highest BCUT2D eigenvalue weighted by atomic mass is 35.5. The van der Waals surface area contributed by atoms with Gasteiger partial charge in [-0.1, -0.05) is 36.7 Å². The first-order chi connectivity index (χ1) is 17.9. The van der Waals surface area contributed by atoms with Crippen molar-refractivity contribution in [2.75, 3.05) is 18.0 Å². The van der Waals surface area contributed by atoms with Crippen molar-refractivity contribution in [1.29, 1.82) is 0 Å². The summed E-state index contributed by atoms with van der Waals surface area (Å²) < 4.78 is 17.9. The molecule has 0 spiro atoms. The number of carbonyl (C=O) groups is 1. The lowest BCUT2D eigenvalue weighted by molar-refractivity contribution is 0.252. The predicted molar refractivity (Wildman–Crippen MR) is 147 cm³/mol. The standard InChI is InChI=1S/C28H23ClFN5OS/c1-3-22-26(35-14-19(8-11-24(35)32-22)34-13-12-31-28(34)36)21-10-9-20(16(2)25(21)30)27-33-23(15-37-27)17-4-6-18(29)7-5-17/h4-11,14-15H,3,12-13H2,1-2H3,(H,31,36). The van der Waals surface area contributed by atoms with Gasteiger partial charge < -0.3 is 5.32 Å². The van der Waals surface area contributed by atoms with Gasteiger partial charge in [-0.05, 0) is 49.2 Å². The molecule has 9 heteroatoms. The van der Waals surface area contributed by atoms with Gasteiger partial charge in [-0.2, -0.15) is 0 Å². The number of benzene rings is 2. The number of nitrogens with one attached hydrogen (secondary N) is 1. The fraction of sp³-hybridized carbons (Fsp3) is 0.179. The van der Waals surface area contributed by atoms with E-state index in [2.05, 4.69) is 5.32 Å². The van der Waals surface area contributed by atoms with E-state index in [1.807, 2.05) is 65.4 Å². The maximum Gasteiger partial charge on any atom is 0.322 e. The number of fused-ring (bicyclic) bond motifs is 1. The summed E-state index contributed by atoms with van der Waals surface area (Å²) in [6, 6.07) is 14.9. The monoisotopic (exact) mass is 531 g/mol. The fourth-order valence-electron chi connectivity index (χ4n) is 4.74. The molecule has 2 amide bonds. The number of rotatable bonds is 5. The van der Waals surface area contributed by atoms with Gasteiger partial charge in [-0.15, -0.1) is 11.3 Å². The molecule has 0 bridgehead atoms. The summed E-state index contributed by atoms with van der Waals surface area (Å²) in [6.07, 6.45) is 2.51. The van der Waals surface area contributed by atoms with E-state index in [9.17, 15) is 4.79 Å². The Morgan fingerprint density at radius 2 is 1.86 bits per heavy atom. The number of nitrogens with zero attached hydrogens (tertiary/aromatic N) is 4. The van der Waals surface area contributed by atoms with Crippen molar-refractivity contribution in [3.05, 3.63) is 82.2 Å². The van der Waals surface area contributed by atoms with Crippen molar-refractivity contribution in [3.63, 3.8) is 0 Å². The molecule has 0 saturated carbocycles. The first-order valence-corrected chi connectivity index (χ1v) is 13.3. The third-order valence-corrected chi connectivity index (χ3v) is 7.82. The zero-order chi connectivity index (χ0) is 25.7. The number of carbonyl (C=O) groups excluding carboxylic acids is 1. The Morgan fingerprint density at radius 3 is 2.59 bits per heavy atom. The molecule has 4 heterocycles. The number of pyridine rings is 1. The van der Waals surface area contributed by atoms with E-state index in [4.69, 9.17) is 21.6 Å². The highest BCUT2D eigenvalue weighted by Gasteiger charge is 2.24. The summed E-state index contributed by atoms with van der Waals surface area (Å²) in [5.41, 5.74) is 6.51. The molecular formula is C28H23ClFN5OS. The number of aromatic nitrogens is 3. The first-order valence-electron chi connectivity index (χ1n) is 12.0. The summed E-state index contributed by atoms with van der Waals surface area (Å²) in [5.74, 6) is -0.304. The van der Waals surface area contributed by atoms with Crippen molar-refractivity contribution >= 4 is 40.3 Å². The second-order valence-corrected chi connectivity index (χ2v) is 10.2. The third-order valence-electron chi connectivity index (χ3n) is 6.69. The van der Waals surface area contributed by atoms with Crippen molar-refractivity contribution in [2.24, 2.45) is 0 Å². The summed E-state index contributed by atoms with van der Waals surface area (Å²) >= 11 is 7.50. The molecule has 1 aliphatic rings. The second-order valence-electron chi connectivity index (χ2n) is 8.90. The number of imidazole rings is 1.